The molecule has 0 spiro atoms. The number of nitrogens with zero attached hydrogens (tertiary/aromatic N) is 1. The van der Waals surface area contributed by atoms with Crippen LogP contribution in [0.1, 0.15) is 17.7 Å². The van der Waals surface area contributed by atoms with Crippen molar-refractivity contribution in [2.24, 2.45) is 0 Å². The molecule has 1 aliphatic rings. The average molecular weight is 410 g/mol. The van der Waals surface area contributed by atoms with Crippen LogP contribution >= 0.6 is 0 Å². The van der Waals surface area contributed by atoms with Crippen molar-refractivity contribution in [2.45, 2.75) is 25.4 Å². The highest BCUT2D eigenvalue weighted by atomic mass is 16.5. The number of ether oxygens (including phenoxy) is 1. The largest absolute Gasteiger partial charge is 0.497 e. The molecule has 0 saturated carbocycles. The summed E-state index contributed by atoms with van der Waals surface area (Å²) < 4.78 is 10.4. The van der Waals surface area contributed by atoms with Crippen molar-refractivity contribution in [3.05, 3.63) is 54.1 Å². The average Bonchev–Trinajstić information content (AvgIpc) is 3.45. The molecule has 1 fully saturated rings. The van der Waals surface area contributed by atoms with Gasteiger partial charge in [-0.25, -0.2) is 4.79 Å². The van der Waals surface area contributed by atoms with E-state index in [1.807, 2.05) is 24.4 Å². The van der Waals surface area contributed by atoms with Gasteiger partial charge in [0.15, 0.2) is 0 Å². The van der Waals surface area contributed by atoms with E-state index >= 15 is 0 Å². The summed E-state index contributed by atoms with van der Waals surface area (Å²) in [6.45, 7) is 0.452. The predicted molar refractivity (Wildman–Crippen MR) is 108 cm³/mol. The van der Waals surface area contributed by atoms with Gasteiger partial charge < -0.3 is 24.8 Å². The number of fused-ring (bicyclic) bond motifs is 1. The number of H-pyrrole nitrogens is 1. The zero-order valence-electron chi connectivity index (χ0n) is 16.4. The highest BCUT2D eigenvalue weighted by Gasteiger charge is 2.39. The quantitative estimate of drug-likeness (QED) is 0.491. The van der Waals surface area contributed by atoms with Gasteiger partial charge in [0.05, 0.1) is 26.3 Å². The van der Waals surface area contributed by atoms with E-state index in [2.05, 4.69) is 15.6 Å². The zero-order valence-corrected chi connectivity index (χ0v) is 16.4. The molecule has 1 aromatic carbocycles. The number of carbonyl (C=O) groups is 3. The maximum atomic E-state index is 12.4. The van der Waals surface area contributed by atoms with Gasteiger partial charge in [-0.2, -0.15) is 0 Å². The third kappa shape index (κ3) is 4.00. The van der Waals surface area contributed by atoms with Crippen molar-refractivity contribution < 1.29 is 23.5 Å². The van der Waals surface area contributed by atoms with E-state index in [4.69, 9.17) is 9.15 Å². The Morgan fingerprint density at radius 3 is 2.93 bits per heavy atom. The number of nitrogens with one attached hydrogen (secondary N) is 3. The standard InChI is InChI=1S/C21H22N4O5/c1-29-14-4-5-17-16(9-14)13(11-23-17)6-7-22-19(26)10-18-20(27)25(21(28)24-18)12-15-3-2-8-30-15/h2-5,8-9,11,18,23H,6-7,10,12H2,1H3,(H,22,26)(H,24,28)/t18-/m1/s1. The SMILES string of the molecule is COc1ccc2[nH]cc(CCNC(=O)C[C@H]3NC(=O)N(Cc4ccco4)C3=O)c2c1. The normalized spacial score (nSPS) is 16.2. The summed E-state index contributed by atoms with van der Waals surface area (Å²) in [7, 11) is 1.62. The molecule has 9 nitrogen and oxygen atoms in total. The van der Waals surface area contributed by atoms with E-state index in [0.29, 0.717) is 18.7 Å². The summed E-state index contributed by atoms with van der Waals surface area (Å²) in [6, 6.07) is 7.74. The lowest BCUT2D eigenvalue weighted by Crippen LogP contribution is -2.37. The number of hydrogen-bond donors (Lipinski definition) is 3. The fraction of sp³-hybridized carbons (Fsp3) is 0.286. The van der Waals surface area contributed by atoms with Crippen LogP contribution < -0.4 is 15.4 Å². The Balaban J connectivity index is 1.29. The topological polar surface area (TPSA) is 117 Å². The van der Waals surface area contributed by atoms with Crippen molar-refractivity contribution in [2.75, 3.05) is 13.7 Å². The molecule has 3 aromatic rings. The number of imide groups is 1. The van der Waals surface area contributed by atoms with Crippen molar-refractivity contribution >= 4 is 28.7 Å². The maximum absolute atomic E-state index is 12.4. The van der Waals surface area contributed by atoms with Crippen molar-refractivity contribution in [3.63, 3.8) is 0 Å². The number of carbonyl (C=O) groups excluding carboxylic acids is 3. The number of benzene rings is 1. The molecule has 2 aromatic heterocycles. The van der Waals surface area contributed by atoms with Crippen LogP contribution in [0.25, 0.3) is 10.9 Å². The Morgan fingerprint density at radius 1 is 1.30 bits per heavy atom. The second-order valence-electron chi connectivity index (χ2n) is 7.04. The van der Waals surface area contributed by atoms with E-state index in [1.165, 1.54) is 6.26 Å². The number of amides is 4. The van der Waals surface area contributed by atoms with Crippen LogP contribution in [-0.2, 0) is 22.6 Å². The zero-order chi connectivity index (χ0) is 21.1. The summed E-state index contributed by atoms with van der Waals surface area (Å²) in [5, 5.41) is 6.40. The summed E-state index contributed by atoms with van der Waals surface area (Å²) >= 11 is 0. The van der Waals surface area contributed by atoms with Crippen LogP contribution in [0.3, 0.4) is 0 Å². The van der Waals surface area contributed by atoms with Crippen LogP contribution in [0.4, 0.5) is 4.79 Å². The first kappa shape index (κ1) is 19.6. The lowest BCUT2D eigenvalue weighted by molar-refractivity contribution is -0.131. The minimum atomic E-state index is -0.871. The minimum absolute atomic E-state index is 0.0415. The molecule has 1 saturated heterocycles. The van der Waals surface area contributed by atoms with Gasteiger partial charge in [0.1, 0.15) is 17.6 Å². The van der Waals surface area contributed by atoms with E-state index in [1.54, 1.807) is 19.2 Å². The lowest BCUT2D eigenvalue weighted by atomic mass is 10.1. The Bertz CT molecular complexity index is 1070. The molecular formula is C21H22N4O5. The molecular weight excluding hydrogens is 388 g/mol. The van der Waals surface area contributed by atoms with Gasteiger partial charge in [-0.3, -0.25) is 14.5 Å². The maximum Gasteiger partial charge on any atom is 0.325 e. The molecule has 3 heterocycles. The Hall–Kier alpha value is -3.75. The third-order valence-corrected chi connectivity index (χ3v) is 5.08. The molecule has 1 aliphatic heterocycles. The molecule has 30 heavy (non-hydrogen) atoms. The number of aromatic nitrogens is 1. The molecule has 3 N–H and O–H groups in total. The molecule has 4 amide bonds. The Morgan fingerprint density at radius 2 is 2.17 bits per heavy atom. The molecule has 0 aliphatic carbocycles. The number of methoxy groups -OCH3 is 1. The van der Waals surface area contributed by atoms with Crippen LogP contribution in [-0.4, -0.2) is 47.4 Å². The van der Waals surface area contributed by atoms with Crippen molar-refractivity contribution in [3.8, 4) is 5.75 Å². The van der Waals surface area contributed by atoms with Crippen LogP contribution in [0.2, 0.25) is 0 Å². The van der Waals surface area contributed by atoms with Gasteiger partial charge in [-0.15, -0.1) is 0 Å². The van der Waals surface area contributed by atoms with E-state index in [9.17, 15) is 14.4 Å². The Labute approximate surface area is 172 Å². The summed E-state index contributed by atoms with van der Waals surface area (Å²) in [5.74, 6) is 0.530. The molecule has 0 unspecified atom stereocenters. The monoisotopic (exact) mass is 410 g/mol. The van der Waals surface area contributed by atoms with Gasteiger partial charge in [-0.1, -0.05) is 0 Å². The number of urea groups is 1. The summed E-state index contributed by atoms with van der Waals surface area (Å²) in [4.78, 5) is 41.0. The first-order valence-electron chi connectivity index (χ1n) is 9.60. The molecule has 4 rings (SSSR count). The first-order chi connectivity index (χ1) is 14.5. The molecule has 9 heteroatoms. The van der Waals surface area contributed by atoms with Gasteiger partial charge in [0, 0.05) is 23.6 Å². The van der Waals surface area contributed by atoms with Crippen molar-refractivity contribution in [1.29, 1.82) is 0 Å². The number of hydrogen-bond acceptors (Lipinski definition) is 5. The van der Waals surface area contributed by atoms with E-state index in [-0.39, 0.29) is 18.9 Å². The fourth-order valence-electron chi connectivity index (χ4n) is 3.51. The smallest absolute Gasteiger partial charge is 0.325 e. The molecule has 1 atom stereocenters. The summed E-state index contributed by atoms with van der Waals surface area (Å²) in [6.07, 6.45) is 3.89. The van der Waals surface area contributed by atoms with E-state index in [0.717, 1.165) is 27.1 Å². The fourth-order valence-corrected chi connectivity index (χ4v) is 3.51. The highest BCUT2D eigenvalue weighted by molar-refractivity contribution is 6.05. The van der Waals surface area contributed by atoms with Gasteiger partial charge in [0.2, 0.25) is 5.91 Å². The van der Waals surface area contributed by atoms with Gasteiger partial charge in [-0.05, 0) is 42.3 Å². The predicted octanol–water partition coefficient (Wildman–Crippen LogP) is 1.94. The third-order valence-electron chi connectivity index (χ3n) is 5.08. The second kappa shape index (κ2) is 8.32. The minimum Gasteiger partial charge on any atom is -0.497 e. The molecule has 156 valence electrons. The van der Waals surface area contributed by atoms with Crippen LogP contribution in [0, 0.1) is 0 Å². The number of furan rings is 1. The van der Waals surface area contributed by atoms with E-state index < -0.39 is 18.0 Å². The Kier molecular flexibility index (Phi) is 5.42. The van der Waals surface area contributed by atoms with Gasteiger partial charge in [0.25, 0.3) is 5.91 Å². The number of aromatic amines is 1. The summed E-state index contributed by atoms with van der Waals surface area (Å²) in [5.41, 5.74) is 2.05. The first-order valence-corrected chi connectivity index (χ1v) is 9.60. The highest BCUT2D eigenvalue weighted by Crippen LogP contribution is 2.23. The van der Waals surface area contributed by atoms with Crippen molar-refractivity contribution in [1.82, 2.24) is 20.5 Å². The van der Waals surface area contributed by atoms with Gasteiger partial charge >= 0.3 is 6.03 Å². The van der Waals surface area contributed by atoms with Crippen LogP contribution in [0.5, 0.6) is 5.75 Å². The number of rotatable bonds is 8. The van der Waals surface area contributed by atoms with Crippen LogP contribution in [0.15, 0.2) is 47.2 Å². The molecule has 0 radical (unpaired) electrons. The molecule has 0 bridgehead atoms. The lowest BCUT2D eigenvalue weighted by Gasteiger charge is -2.11. The second-order valence-corrected chi connectivity index (χ2v) is 7.04.